The Labute approximate surface area is 171 Å². The first-order valence-electron chi connectivity index (χ1n) is 9.57. The van der Waals surface area contributed by atoms with E-state index in [2.05, 4.69) is 60.0 Å². The maximum Gasteiger partial charge on any atom is 0.199 e. The molecule has 4 nitrogen and oxygen atoms in total. The second kappa shape index (κ2) is 8.50. The fraction of sp³-hybridized carbons (Fsp3) is 0.217. The molecular formula is C23H24N4S. The van der Waals surface area contributed by atoms with Gasteiger partial charge in [-0.2, -0.15) is 5.10 Å². The van der Waals surface area contributed by atoms with Gasteiger partial charge in [0.15, 0.2) is 10.6 Å². The minimum Gasteiger partial charge on any atom is -0.296 e. The Morgan fingerprint density at radius 3 is 2.29 bits per heavy atom. The van der Waals surface area contributed by atoms with Crippen LogP contribution in [0.25, 0.3) is 17.0 Å². The number of hydrogen-bond acceptors (Lipinski definition) is 3. The molecule has 0 unspecified atom stereocenters. The molecule has 0 N–H and O–H groups in total. The van der Waals surface area contributed by atoms with E-state index in [9.17, 15) is 0 Å². The molecule has 28 heavy (non-hydrogen) atoms. The van der Waals surface area contributed by atoms with Crippen molar-refractivity contribution in [3.8, 4) is 11.4 Å². The molecule has 142 valence electrons. The minimum atomic E-state index is 0.654. The zero-order valence-electron chi connectivity index (χ0n) is 15.9. The van der Waals surface area contributed by atoms with Crippen molar-refractivity contribution in [2.24, 2.45) is 0 Å². The second-order valence-corrected chi connectivity index (χ2v) is 7.30. The van der Waals surface area contributed by atoms with Crippen molar-refractivity contribution in [3.63, 3.8) is 0 Å². The Morgan fingerprint density at radius 2 is 1.68 bits per heavy atom. The quantitative estimate of drug-likeness (QED) is 0.438. The molecule has 3 aromatic rings. The average Bonchev–Trinajstić information content (AvgIpc) is 3.06. The Balaban J connectivity index is 1.55. The lowest BCUT2D eigenvalue weighted by Crippen LogP contribution is -2.31. The minimum absolute atomic E-state index is 0.654. The van der Waals surface area contributed by atoms with Crippen LogP contribution in [-0.2, 0) is 13.2 Å². The molecule has 0 aliphatic carbocycles. The topological polar surface area (TPSA) is 26.0 Å². The number of benzene rings is 2. The number of nitrogens with zero attached hydrogens (tertiary/aromatic N) is 4. The van der Waals surface area contributed by atoms with Gasteiger partial charge in [0.05, 0.1) is 6.67 Å². The van der Waals surface area contributed by atoms with Crippen molar-refractivity contribution in [2.45, 2.75) is 19.6 Å². The van der Waals surface area contributed by atoms with Crippen molar-refractivity contribution >= 4 is 17.8 Å². The number of rotatable bonds is 6. The molecule has 1 aliphatic rings. The highest BCUT2D eigenvalue weighted by Crippen LogP contribution is 2.23. The molecule has 0 saturated carbocycles. The van der Waals surface area contributed by atoms with Crippen LogP contribution in [-0.4, -0.2) is 32.3 Å². The smallest absolute Gasteiger partial charge is 0.199 e. The van der Waals surface area contributed by atoms with Gasteiger partial charge in [-0.1, -0.05) is 72.8 Å². The fourth-order valence-corrected chi connectivity index (χ4v) is 3.83. The zero-order chi connectivity index (χ0) is 19.3. The van der Waals surface area contributed by atoms with Crippen LogP contribution in [0.3, 0.4) is 0 Å². The van der Waals surface area contributed by atoms with Crippen molar-refractivity contribution in [1.29, 1.82) is 0 Å². The van der Waals surface area contributed by atoms with Gasteiger partial charge in [0.1, 0.15) is 0 Å². The SMILES string of the molecule is C=CCn1c(-c2ccccc2)nn(CN2CC=C(c3ccccc3)CC2)c1=S. The highest BCUT2D eigenvalue weighted by Gasteiger charge is 2.17. The van der Waals surface area contributed by atoms with Crippen molar-refractivity contribution < 1.29 is 0 Å². The van der Waals surface area contributed by atoms with Gasteiger partial charge < -0.3 is 0 Å². The van der Waals surface area contributed by atoms with Crippen molar-refractivity contribution in [1.82, 2.24) is 19.2 Å². The third-order valence-electron chi connectivity index (χ3n) is 5.04. The normalized spacial score (nSPS) is 14.6. The molecule has 5 heteroatoms. The first-order valence-corrected chi connectivity index (χ1v) is 9.98. The molecule has 0 spiro atoms. The molecule has 0 bridgehead atoms. The molecule has 1 aliphatic heterocycles. The Morgan fingerprint density at radius 1 is 1.00 bits per heavy atom. The van der Waals surface area contributed by atoms with E-state index in [4.69, 9.17) is 17.3 Å². The van der Waals surface area contributed by atoms with E-state index in [1.54, 1.807) is 0 Å². The maximum absolute atomic E-state index is 5.72. The molecule has 0 radical (unpaired) electrons. The molecule has 0 fully saturated rings. The van der Waals surface area contributed by atoms with Gasteiger partial charge in [0.2, 0.25) is 0 Å². The van der Waals surface area contributed by atoms with E-state index in [-0.39, 0.29) is 0 Å². The summed E-state index contributed by atoms with van der Waals surface area (Å²) in [7, 11) is 0. The largest absolute Gasteiger partial charge is 0.296 e. The van der Waals surface area contributed by atoms with Crippen LogP contribution < -0.4 is 0 Å². The molecule has 0 amide bonds. The van der Waals surface area contributed by atoms with Gasteiger partial charge >= 0.3 is 0 Å². The lowest BCUT2D eigenvalue weighted by Gasteiger charge is -2.26. The highest BCUT2D eigenvalue weighted by molar-refractivity contribution is 7.71. The van der Waals surface area contributed by atoms with Crippen LogP contribution in [0.2, 0.25) is 0 Å². The zero-order valence-corrected chi connectivity index (χ0v) is 16.7. The van der Waals surface area contributed by atoms with Crippen LogP contribution in [0, 0.1) is 4.77 Å². The summed E-state index contributed by atoms with van der Waals surface area (Å²) in [6.45, 7) is 7.12. The summed E-state index contributed by atoms with van der Waals surface area (Å²) in [6.07, 6.45) is 5.22. The number of aromatic nitrogens is 3. The Bertz CT molecular complexity index is 1030. The number of allylic oxidation sites excluding steroid dienone is 1. The maximum atomic E-state index is 5.72. The predicted molar refractivity (Wildman–Crippen MR) is 117 cm³/mol. The lowest BCUT2D eigenvalue weighted by molar-refractivity contribution is 0.226. The van der Waals surface area contributed by atoms with Gasteiger partial charge in [-0.25, -0.2) is 4.68 Å². The summed E-state index contributed by atoms with van der Waals surface area (Å²) in [4.78, 5) is 2.38. The fourth-order valence-electron chi connectivity index (χ4n) is 3.57. The standard InChI is InChI=1S/C23H24N4S/c1-2-15-26-22(21-11-7-4-8-12-21)24-27(23(26)28)18-25-16-13-20(14-17-25)19-9-5-3-6-10-19/h2-13H,1,14-18H2. The summed E-state index contributed by atoms with van der Waals surface area (Å²) >= 11 is 5.72. The molecule has 4 rings (SSSR count). The van der Waals surface area contributed by atoms with Crippen molar-refractivity contribution in [2.75, 3.05) is 13.1 Å². The summed E-state index contributed by atoms with van der Waals surface area (Å²) in [5, 5.41) is 4.84. The van der Waals surface area contributed by atoms with Crippen LogP contribution in [0.1, 0.15) is 12.0 Å². The highest BCUT2D eigenvalue weighted by atomic mass is 32.1. The summed E-state index contributed by atoms with van der Waals surface area (Å²) in [5.41, 5.74) is 3.81. The average molecular weight is 389 g/mol. The van der Waals surface area contributed by atoms with E-state index in [0.29, 0.717) is 13.2 Å². The van der Waals surface area contributed by atoms with Gasteiger partial charge in [-0.05, 0) is 29.8 Å². The predicted octanol–water partition coefficient (Wildman–Crippen LogP) is 5.01. The third-order valence-corrected chi connectivity index (χ3v) is 5.47. The van der Waals surface area contributed by atoms with Gasteiger partial charge in [-0.3, -0.25) is 9.47 Å². The van der Waals surface area contributed by atoms with Crippen LogP contribution in [0.4, 0.5) is 0 Å². The Kier molecular flexibility index (Phi) is 5.65. The molecule has 0 saturated heterocycles. The summed E-state index contributed by atoms with van der Waals surface area (Å²) in [5.74, 6) is 0.892. The third kappa shape index (κ3) is 3.91. The summed E-state index contributed by atoms with van der Waals surface area (Å²) < 4.78 is 4.71. The molecular weight excluding hydrogens is 364 g/mol. The van der Waals surface area contributed by atoms with Crippen molar-refractivity contribution in [3.05, 3.63) is 89.7 Å². The van der Waals surface area contributed by atoms with Crippen LogP contribution in [0.15, 0.2) is 79.4 Å². The van der Waals surface area contributed by atoms with Gasteiger partial charge in [0, 0.05) is 25.2 Å². The Hall–Kier alpha value is -2.76. The van der Waals surface area contributed by atoms with Gasteiger partial charge in [-0.15, -0.1) is 6.58 Å². The van der Waals surface area contributed by atoms with E-state index in [0.717, 1.165) is 35.7 Å². The molecule has 0 atom stereocenters. The van der Waals surface area contributed by atoms with Crippen LogP contribution in [0.5, 0.6) is 0 Å². The number of hydrogen-bond donors (Lipinski definition) is 0. The van der Waals surface area contributed by atoms with E-state index in [1.807, 2.05) is 33.5 Å². The summed E-state index contributed by atoms with van der Waals surface area (Å²) in [6, 6.07) is 20.8. The van der Waals surface area contributed by atoms with E-state index >= 15 is 0 Å². The monoisotopic (exact) mass is 388 g/mol. The lowest BCUT2D eigenvalue weighted by atomic mass is 10.00. The first kappa shape index (κ1) is 18.6. The molecule has 1 aromatic heterocycles. The van der Waals surface area contributed by atoms with Crippen LogP contribution >= 0.6 is 12.2 Å². The first-order chi connectivity index (χ1) is 13.8. The van der Waals surface area contributed by atoms with E-state index < -0.39 is 0 Å². The van der Waals surface area contributed by atoms with Gasteiger partial charge in [0.25, 0.3) is 0 Å². The molecule has 2 heterocycles. The van der Waals surface area contributed by atoms with E-state index in [1.165, 1.54) is 11.1 Å². The second-order valence-electron chi connectivity index (χ2n) is 6.93. The molecule has 2 aromatic carbocycles.